The number of methoxy groups -OCH3 is 1. The zero-order valence-electron chi connectivity index (χ0n) is 15.2. The molecule has 0 bridgehead atoms. The van der Waals surface area contributed by atoms with Gasteiger partial charge in [0.05, 0.1) is 24.7 Å². The Kier molecular flexibility index (Phi) is 6.37. The zero-order chi connectivity index (χ0) is 20.2. The van der Waals surface area contributed by atoms with E-state index >= 15 is 0 Å². The van der Waals surface area contributed by atoms with Crippen LogP contribution in [0.4, 0.5) is 0 Å². The SMILES string of the molecule is COC(=O)c1cc(COC(=O)c2ccc(S(=O)(=O)N(C)OC)cc2)oc1C. The molecular weight excluding hydrogens is 378 g/mol. The molecule has 9 nitrogen and oxygen atoms in total. The largest absolute Gasteiger partial charge is 0.465 e. The fraction of sp³-hybridized carbons (Fsp3) is 0.294. The second-order valence-corrected chi connectivity index (χ2v) is 7.31. The Labute approximate surface area is 156 Å². The summed E-state index contributed by atoms with van der Waals surface area (Å²) in [5.41, 5.74) is 0.408. The van der Waals surface area contributed by atoms with E-state index in [1.807, 2.05) is 0 Å². The highest BCUT2D eigenvalue weighted by Crippen LogP contribution is 2.18. The summed E-state index contributed by atoms with van der Waals surface area (Å²) in [4.78, 5) is 28.3. The van der Waals surface area contributed by atoms with Gasteiger partial charge in [-0.15, -0.1) is 0 Å². The van der Waals surface area contributed by atoms with Gasteiger partial charge in [0.15, 0.2) is 0 Å². The normalized spacial score (nSPS) is 11.4. The molecule has 1 heterocycles. The molecule has 0 saturated heterocycles. The van der Waals surface area contributed by atoms with Gasteiger partial charge in [0.2, 0.25) is 0 Å². The van der Waals surface area contributed by atoms with E-state index in [-0.39, 0.29) is 28.4 Å². The van der Waals surface area contributed by atoms with Crippen LogP contribution in [0.5, 0.6) is 0 Å². The minimum Gasteiger partial charge on any atom is -0.465 e. The van der Waals surface area contributed by atoms with Gasteiger partial charge < -0.3 is 13.9 Å². The maximum atomic E-state index is 12.1. The van der Waals surface area contributed by atoms with Crippen molar-refractivity contribution in [2.75, 3.05) is 21.3 Å². The smallest absolute Gasteiger partial charge is 0.341 e. The van der Waals surface area contributed by atoms with E-state index in [9.17, 15) is 18.0 Å². The van der Waals surface area contributed by atoms with Gasteiger partial charge in [-0.25, -0.2) is 18.0 Å². The van der Waals surface area contributed by atoms with Gasteiger partial charge in [0, 0.05) is 7.05 Å². The molecule has 0 N–H and O–H groups in total. The molecule has 0 saturated carbocycles. The maximum Gasteiger partial charge on any atom is 0.341 e. The van der Waals surface area contributed by atoms with E-state index in [1.54, 1.807) is 6.92 Å². The predicted octanol–water partition coefficient (Wildman–Crippen LogP) is 1.91. The van der Waals surface area contributed by atoms with Gasteiger partial charge in [0.25, 0.3) is 10.0 Å². The minimum absolute atomic E-state index is 0.0345. The van der Waals surface area contributed by atoms with Crippen molar-refractivity contribution in [3.8, 4) is 0 Å². The molecule has 1 aromatic carbocycles. The van der Waals surface area contributed by atoms with Crippen LogP contribution < -0.4 is 0 Å². The standard InChI is InChI=1S/C17H19NO8S/c1-11-15(17(20)23-3)9-13(26-11)10-25-16(19)12-5-7-14(8-6-12)27(21,22)18(2)24-4/h5-9H,10H2,1-4H3. The quantitative estimate of drug-likeness (QED) is 0.514. The highest BCUT2D eigenvalue weighted by molar-refractivity contribution is 7.89. The van der Waals surface area contributed by atoms with Gasteiger partial charge >= 0.3 is 11.9 Å². The van der Waals surface area contributed by atoms with Crippen molar-refractivity contribution in [3.63, 3.8) is 0 Å². The molecule has 0 atom stereocenters. The van der Waals surface area contributed by atoms with Crippen molar-refractivity contribution in [1.29, 1.82) is 0 Å². The lowest BCUT2D eigenvalue weighted by molar-refractivity contribution is -0.0258. The summed E-state index contributed by atoms with van der Waals surface area (Å²) in [5, 5.41) is 0. The number of carbonyl (C=O) groups is 2. The summed E-state index contributed by atoms with van der Waals surface area (Å²) in [6.45, 7) is 1.40. The molecule has 1 aromatic heterocycles. The van der Waals surface area contributed by atoms with Gasteiger partial charge in [-0.2, -0.15) is 0 Å². The third-order valence-corrected chi connectivity index (χ3v) is 5.40. The Morgan fingerprint density at radius 1 is 1.11 bits per heavy atom. The number of esters is 2. The predicted molar refractivity (Wildman–Crippen MR) is 92.3 cm³/mol. The van der Waals surface area contributed by atoms with Gasteiger partial charge in [-0.1, -0.05) is 4.47 Å². The Morgan fingerprint density at radius 2 is 1.74 bits per heavy atom. The third-order valence-electron chi connectivity index (χ3n) is 3.70. The van der Waals surface area contributed by atoms with E-state index in [4.69, 9.17) is 9.15 Å². The summed E-state index contributed by atoms with van der Waals surface area (Å²) in [5.74, 6) is -0.591. The molecule has 27 heavy (non-hydrogen) atoms. The highest BCUT2D eigenvalue weighted by Gasteiger charge is 2.21. The van der Waals surface area contributed by atoms with E-state index in [0.717, 1.165) is 0 Å². The van der Waals surface area contributed by atoms with Crippen molar-refractivity contribution in [2.24, 2.45) is 0 Å². The molecule has 0 aliphatic rings. The lowest BCUT2D eigenvalue weighted by Gasteiger charge is -2.14. The number of rotatable bonds is 7. The number of aryl methyl sites for hydroxylation is 1. The number of hydroxylamine groups is 1. The van der Waals surface area contributed by atoms with Crippen LogP contribution in [0, 0.1) is 6.92 Å². The Balaban J connectivity index is 2.06. The average Bonchev–Trinajstić information content (AvgIpc) is 3.05. The van der Waals surface area contributed by atoms with Gasteiger partial charge in [-0.05, 0) is 37.3 Å². The second-order valence-electron chi connectivity index (χ2n) is 5.37. The number of hydrogen-bond donors (Lipinski definition) is 0. The Bertz CT molecular complexity index is 930. The topological polar surface area (TPSA) is 112 Å². The molecule has 146 valence electrons. The fourth-order valence-electron chi connectivity index (χ4n) is 2.16. The molecular formula is C17H19NO8S. The number of benzene rings is 1. The third kappa shape index (κ3) is 4.54. The monoisotopic (exact) mass is 397 g/mol. The van der Waals surface area contributed by atoms with E-state index in [2.05, 4.69) is 9.57 Å². The zero-order valence-corrected chi connectivity index (χ0v) is 16.0. The molecule has 0 amide bonds. The Morgan fingerprint density at radius 3 is 2.30 bits per heavy atom. The highest BCUT2D eigenvalue weighted by atomic mass is 32.2. The van der Waals surface area contributed by atoms with E-state index in [0.29, 0.717) is 10.2 Å². The van der Waals surface area contributed by atoms with Gasteiger partial charge in [0.1, 0.15) is 23.7 Å². The van der Waals surface area contributed by atoms with Crippen LogP contribution in [0.2, 0.25) is 0 Å². The molecule has 2 rings (SSSR count). The minimum atomic E-state index is -3.80. The van der Waals surface area contributed by atoms with Crippen molar-refractivity contribution in [1.82, 2.24) is 4.47 Å². The summed E-state index contributed by atoms with van der Waals surface area (Å²) < 4.78 is 40.0. The van der Waals surface area contributed by atoms with Crippen molar-refractivity contribution in [2.45, 2.75) is 18.4 Å². The first kappa shape index (κ1) is 20.6. The van der Waals surface area contributed by atoms with E-state index < -0.39 is 22.0 Å². The lowest BCUT2D eigenvalue weighted by Crippen LogP contribution is -2.25. The second kappa shape index (κ2) is 8.33. The van der Waals surface area contributed by atoms with Crippen molar-refractivity contribution in [3.05, 3.63) is 53.0 Å². The molecule has 0 fully saturated rings. The summed E-state index contributed by atoms with van der Waals surface area (Å²) in [6.07, 6.45) is 0. The molecule has 0 aliphatic carbocycles. The van der Waals surface area contributed by atoms with Gasteiger partial charge in [-0.3, -0.25) is 4.84 Å². The van der Waals surface area contributed by atoms with Crippen LogP contribution in [0.3, 0.4) is 0 Å². The molecule has 0 spiro atoms. The molecule has 2 aromatic rings. The first-order valence-electron chi connectivity index (χ1n) is 7.68. The molecule has 0 aliphatic heterocycles. The number of hydrogen-bond acceptors (Lipinski definition) is 8. The van der Waals surface area contributed by atoms with Crippen LogP contribution in [0.25, 0.3) is 0 Å². The summed E-state index contributed by atoms with van der Waals surface area (Å²) >= 11 is 0. The maximum absolute atomic E-state index is 12.1. The van der Waals surface area contributed by atoms with Crippen LogP contribution >= 0.6 is 0 Å². The average molecular weight is 397 g/mol. The summed E-state index contributed by atoms with van der Waals surface area (Å²) in [6, 6.07) is 6.63. The Hall–Kier alpha value is -2.69. The van der Waals surface area contributed by atoms with Crippen LogP contribution in [-0.4, -0.2) is 46.1 Å². The molecule has 0 unspecified atom stereocenters. The van der Waals surface area contributed by atoms with Crippen LogP contribution in [0.1, 0.15) is 32.2 Å². The van der Waals surface area contributed by atoms with Crippen molar-refractivity contribution >= 4 is 22.0 Å². The lowest BCUT2D eigenvalue weighted by atomic mass is 10.2. The number of sulfonamides is 1. The van der Waals surface area contributed by atoms with E-state index in [1.165, 1.54) is 51.6 Å². The summed E-state index contributed by atoms with van der Waals surface area (Å²) in [7, 11) is -0.0638. The molecule has 0 radical (unpaired) electrons. The van der Waals surface area contributed by atoms with Crippen molar-refractivity contribution < 1.29 is 36.7 Å². The first-order valence-corrected chi connectivity index (χ1v) is 9.12. The fourth-order valence-corrected chi connectivity index (χ4v) is 3.13. The number of ether oxygens (including phenoxy) is 2. The van der Waals surface area contributed by atoms with Crippen LogP contribution in [-0.2, 0) is 30.9 Å². The molecule has 10 heteroatoms. The van der Waals surface area contributed by atoms with Crippen LogP contribution in [0.15, 0.2) is 39.6 Å². The number of carbonyl (C=O) groups excluding carboxylic acids is 2. The first-order chi connectivity index (χ1) is 12.7. The number of furan rings is 1. The number of nitrogens with zero attached hydrogens (tertiary/aromatic N) is 1.